The third-order valence-corrected chi connectivity index (χ3v) is 1.74. The predicted molar refractivity (Wildman–Crippen MR) is 61.3 cm³/mol. The third kappa shape index (κ3) is 6.94. The van der Waals surface area contributed by atoms with Crippen LogP contribution in [0.25, 0.3) is 0 Å². The summed E-state index contributed by atoms with van der Waals surface area (Å²) in [6.07, 6.45) is 0. The summed E-state index contributed by atoms with van der Waals surface area (Å²) in [5, 5.41) is 10.8. The Hall–Kier alpha value is -1.06. The fraction of sp³-hybridized carbons (Fsp3) is 0.500. The highest BCUT2D eigenvalue weighted by Gasteiger charge is 2.17. The van der Waals surface area contributed by atoms with Gasteiger partial charge in [0.05, 0.1) is 6.54 Å². The number of aliphatic carboxylic acids is 1. The number of thiol groups is 1. The van der Waals surface area contributed by atoms with Gasteiger partial charge in [0.1, 0.15) is 6.04 Å². The molecule has 6 N–H and O–H groups in total. The minimum Gasteiger partial charge on any atom is -0.480 e. The zero-order chi connectivity index (χ0) is 11.8. The second-order valence-electron chi connectivity index (χ2n) is 2.48. The molecule has 0 radical (unpaired) electrons. The molecule has 0 aliphatic rings. The number of carbonyl (C=O) groups excluding carboxylic acids is 1. The number of hydrazine groups is 1. The second kappa shape index (κ2) is 7.26. The van der Waals surface area contributed by atoms with E-state index in [0.29, 0.717) is 0 Å². The van der Waals surface area contributed by atoms with Crippen molar-refractivity contribution >= 4 is 41.8 Å². The van der Waals surface area contributed by atoms with Gasteiger partial charge in [-0.2, -0.15) is 12.6 Å². The monoisotopic (exact) mass is 252 g/mol. The maximum Gasteiger partial charge on any atom is 0.327 e. The van der Waals surface area contributed by atoms with Gasteiger partial charge >= 0.3 is 5.97 Å². The quantitative estimate of drug-likeness (QED) is 0.181. The molecule has 0 spiro atoms. The molecule has 0 fully saturated rings. The van der Waals surface area contributed by atoms with E-state index >= 15 is 0 Å². The van der Waals surface area contributed by atoms with E-state index in [-0.39, 0.29) is 17.4 Å². The van der Waals surface area contributed by atoms with Crippen molar-refractivity contribution in [2.75, 3.05) is 12.3 Å². The van der Waals surface area contributed by atoms with Gasteiger partial charge in [0.2, 0.25) is 5.91 Å². The van der Waals surface area contributed by atoms with Crippen LogP contribution in [-0.2, 0) is 9.59 Å². The number of carboxylic acid groups (broad SMARTS) is 1. The van der Waals surface area contributed by atoms with Crippen LogP contribution in [0.2, 0.25) is 0 Å². The van der Waals surface area contributed by atoms with Crippen molar-refractivity contribution in [3.05, 3.63) is 0 Å². The molecule has 0 saturated heterocycles. The van der Waals surface area contributed by atoms with Gasteiger partial charge in [0.15, 0.2) is 5.11 Å². The summed E-state index contributed by atoms with van der Waals surface area (Å²) in [5.41, 5.74) is 9.81. The van der Waals surface area contributed by atoms with Crippen LogP contribution in [0.1, 0.15) is 0 Å². The number of hydrogen-bond acceptors (Lipinski definition) is 5. The Morgan fingerprint density at radius 3 is 2.53 bits per heavy atom. The molecule has 0 aromatic heterocycles. The SMILES string of the molecule is NC(=S)NNCC(=O)N[C@@H](CS)C(=O)O. The number of nitrogens with one attached hydrogen (secondary N) is 3. The first-order valence-corrected chi connectivity index (χ1v) is 4.92. The van der Waals surface area contributed by atoms with Crippen LogP contribution in [0.15, 0.2) is 0 Å². The summed E-state index contributed by atoms with van der Waals surface area (Å²) >= 11 is 8.25. The molecule has 0 rings (SSSR count). The van der Waals surface area contributed by atoms with Gasteiger partial charge < -0.3 is 16.2 Å². The van der Waals surface area contributed by atoms with E-state index in [1.807, 2.05) is 0 Å². The number of thiocarbonyl (C=S) groups is 1. The molecule has 0 aliphatic carbocycles. The number of nitrogens with two attached hydrogens (primary N) is 1. The maximum atomic E-state index is 11.1. The van der Waals surface area contributed by atoms with Gasteiger partial charge in [-0.1, -0.05) is 0 Å². The number of rotatable bonds is 6. The van der Waals surface area contributed by atoms with E-state index in [4.69, 9.17) is 10.8 Å². The Balaban J connectivity index is 3.81. The molecule has 0 heterocycles. The van der Waals surface area contributed by atoms with E-state index in [1.54, 1.807) is 0 Å². The number of hydrogen-bond donors (Lipinski definition) is 6. The fourth-order valence-electron chi connectivity index (χ4n) is 0.642. The minimum atomic E-state index is -1.14. The van der Waals surface area contributed by atoms with Crippen LogP contribution in [-0.4, -0.2) is 40.4 Å². The molecular weight excluding hydrogens is 240 g/mol. The Labute approximate surface area is 97.2 Å². The van der Waals surface area contributed by atoms with Crippen molar-refractivity contribution in [2.45, 2.75) is 6.04 Å². The number of carbonyl (C=O) groups is 2. The maximum absolute atomic E-state index is 11.1. The molecule has 1 atom stereocenters. The zero-order valence-electron chi connectivity index (χ0n) is 7.69. The number of amides is 1. The van der Waals surface area contributed by atoms with Crippen LogP contribution in [0, 0.1) is 0 Å². The first-order chi connectivity index (χ1) is 6.97. The lowest BCUT2D eigenvalue weighted by atomic mass is 10.3. The topological polar surface area (TPSA) is 116 Å². The minimum absolute atomic E-state index is 0.00761. The van der Waals surface area contributed by atoms with Gasteiger partial charge in [-0.25, -0.2) is 10.2 Å². The summed E-state index contributed by atoms with van der Waals surface area (Å²) in [6, 6.07) is -1.01. The summed E-state index contributed by atoms with van der Waals surface area (Å²) < 4.78 is 0. The fourth-order valence-corrected chi connectivity index (χ4v) is 0.962. The summed E-state index contributed by atoms with van der Waals surface area (Å²) in [5.74, 6) is -1.62. The first-order valence-electron chi connectivity index (χ1n) is 3.88. The Morgan fingerprint density at radius 1 is 1.53 bits per heavy atom. The lowest BCUT2D eigenvalue weighted by molar-refractivity contribution is -0.141. The molecule has 0 unspecified atom stereocenters. The average molecular weight is 252 g/mol. The predicted octanol–water partition coefficient (Wildman–Crippen LogP) is -2.18. The third-order valence-electron chi connectivity index (χ3n) is 1.28. The first kappa shape index (κ1) is 13.9. The van der Waals surface area contributed by atoms with Gasteiger partial charge in [-0.15, -0.1) is 0 Å². The Kier molecular flexibility index (Phi) is 6.75. The highest BCUT2D eigenvalue weighted by molar-refractivity contribution is 7.80. The molecule has 0 aromatic carbocycles. The molecular formula is C6H12N4O3S2. The summed E-state index contributed by atoms with van der Waals surface area (Å²) in [4.78, 5) is 21.6. The van der Waals surface area contributed by atoms with E-state index in [9.17, 15) is 9.59 Å². The molecule has 0 aliphatic heterocycles. The molecule has 9 heteroatoms. The molecule has 0 bridgehead atoms. The zero-order valence-corrected chi connectivity index (χ0v) is 9.40. The molecule has 7 nitrogen and oxygen atoms in total. The van der Waals surface area contributed by atoms with Crippen molar-refractivity contribution < 1.29 is 14.7 Å². The summed E-state index contributed by atoms with van der Waals surface area (Å²) in [7, 11) is 0. The van der Waals surface area contributed by atoms with Crippen LogP contribution < -0.4 is 21.9 Å². The largest absolute Gasteiger partial charge is 0.480 e. The lowest BCUT2D eigenvalue weighted by Crippen LogP contribution is -2.49. The number of carboxylic acids is 1. The Morgan fingerprint density at radius 2 is 2.13 bits per heavy atom. The normalized spacial score (nSPS) is 11.5. The second-order valence-corrected chi connectivity index (χ2v) is 3.29. The average Bonchev–Trinajstić information content (AvgIpc) is 2.13. The van der Waals surface area contributed by atoms with Crippen molar-refractivity contribution in [3.8, 4) is 0 Å². The van der Waals surface area contributed by atoms with Gasteiger partial charge in [0, 0.05) is 5.75 Å². The van der Waals surface area contributed by atoms with Crippen molar-refractivity contribution in [2.24, 2.45) is 5.73 Å². The highest BCUT2D eigenvalue weighted by Crippen LogP contribution is 1.87. The smallest absolute Gasteiger partial charge is 0.327 e. The van der Waals surface area contributed by atoms with Crippen LogP contribution in [0.4, 0.5) is 0 Å². The molecule has 86 valence electrons. The summed E-state index contributed by atoms with van der Waals surface area (Å²) in [6.45, 7) is -0.144. The molecule has 15 heavy (non-hydrogen) atoms. The van der Waals surface area contributed by atoms with E-state index in [1.165, 1.54) is 0 Å². The lowest BCUT2D eigenvalue weighted by Gasteiger charge is -2.12. The standard InChI is InChI=1S/C6H12N4O3S2/c7-6(15)10-8-1-4(11)9-3(2-14)5(12)13/h3,8,14H,1-2H2,(H,9,11)(H,12,13)(H3,7,10,15)/t3-/m0/s1. The highest BCUT2D eigenvalue weighted by atomic mass is 32.1. The van der Waals surface area contributed by atoms with Crippen molar-refractivity contribution in [1.29, 1.82) is 0 Å². The van der Waals surface area contributed by atoms with E-state index in [2.05, 4.69) is 41.0 Å². The molecule has 0 saturated carbocycles. The van der Waals surface area contributed by atoms with Gasteiger partial charge in [0.25, 0.3) is 0 Å². The van der Waals surface area contributed by atoms with Crippen LogP contribution >= 0.6 is 24.8 Å². The molecule has 1 amide bonds. The molecule has 0 aromatic rings. The van der Waals surface area contributed by atoms with Gasteiger partial charge in [-0.3, -0.25) is 10.2 Å². The van der Waals surface area contributed by atoms with Gasteiger partial charge in [-0.05, 0) is 12.2 Å². The van der Waals surface area contributed by atoms with Crippen molar-refractivity contribution in [1.82, 2.24) is 16.2 Å². The Bertz CT molecular complexity index is 261. The van der Waals surface area contributed by atoms with E-state index in [0.717, 1.165) is 0 Å². The van der Waals surface area contributed by atoms with Crippen LogP contribution in [0.5, 0.6) is 0 Å². The van der Waals surface area contributed by atoms with Crippen molar-refractivity contribution in [3.63, 3.8) is 0 Å². The van der Waals surface area contributed by atoms with E-state index < -0.39 is 17.9 Å². The van der Waals surface area contributed by atoms with Crippen LogP contribution in [0.3, 0.4) is 0 Å².